The second-order valence-electron chi connectivity index (χ2n) is 5.78. The Hall–Kier alpha value is -1.65. The molecule has 1 aromatic rings. The number of rotatable bonds is 11. The Morgan fingerprint density at radius 1 is 1.17 bits per heavy atom. The van der Waals surface area contributed by atoms with Crippen molar-refractivity contribution in [2.24, 2.45) is 0 Å². The van der Waals surface area contributed by atoms with Crippen LogP contribution in [-0.2, 0) is 4.79 Å². The molecular formula is C19H29NO3. The molecule has 0 aliphatic heterocycles. The van der Waals surface area contributed by atoms with Crippen molar-refractivity contribution in [2.45, 2.75) is 57.6 Å². The average molecular weight is 319 g/mol. The first-order valence-electron chi connectivity index (χ1n) is 8.49. The number of aliphatic hydroxyl groups excluding tert-OH is 2. The van der Waals surface area contributed by atoms with E-state index in [9.17, 15) is 15.0 Å². The summed E-state index contributed by atoms with van der Waals surface area (Å²) < 4.78 is 0. The van der Waals surface area contributed by atoms with Gasteiger partial charge in [0.15, 0.2) is 0 Å². The topological polar surface area (TPSA) is 69.6 Å². The number of hydrogen-bond donors (Lipinski definition) is 3. The van der Waals surface area contributed by atoms with E-state index >= 15 is 0 Å². The lowest BCUT2D eigenvalue weighted by atomic mass is 10.1. The maximum atomic E-state index is 11.9. The molecule has 23 heavy (non-hydrogen) atoms. The molecule has 1 aromatic carbocycles. The number of benzene rings is 1. The van der Waals surface area contributed by atoms with E-state index in [2.05, 4.69) is 12.2 Å². The SMILES string of the molecule is CCCCCCCC(=O)N[C@@H](CO)[C@H](O)/C=C/c1ccccc1. The van der Waals surface area contributed by atoms with Crippen LogP contribution in [0.1, 0.15) is 51.0 Å². The minimum absolute atomic E-state index is 0.118. The lowest BCUT2D eigenvalue weighted by Crippen LogP contribution is -2.45. The molecule has 0 heterocycles. The summed E-state index contributed by atoms with van der Waals surface area (Å²) in [6, 6.07) is 8.92. The molecule has 4 heteroatoms. The largest absolute Gasteiger partial charge is 0.394 e. The van der Waals surface area contributed by atoms with Gasteiger partial charge < -0.3 is 15.5 Å². The third-order valence-corrected chi connectivity index (χ3v) is 3.75. The molecule has 0 aliphatic rings. The van der Waals surface area contributed by atoms with Gasteiger partial charge >= 0.3 is 0 Å². The fourth-order valence-corrected chi connectivity index (χ4v) is 2.32. The van der Waals surface area contributed by atoms with Crippen LogP contribution in [0.4, 0.5) is 0 Å². The van der Waals surface area contributed by atoms with Crippen molar-refractivity contribution in [3.63, 3.8) is 0 Å². The highest BCUT2D eigenvalue weighted by Crippen LogP contribution is 2.07. The maximum absolute atomic E-state index is 11.9. The first kappa shape index (κ1) is 19.4. The van der Waals surface area contributed by atoms with E-state index in [0.717, 1.165) is 24.8 Å². The van der Waals surface area contributed by atoms with Crippen molar-refractivity contribution in [1.82, 2.24) is 5.32 Å². The van der Waals surface area contributed by atoms with Crippen LogP contribution >= 0.6 is 0 Å². The quantitative estimate of drug-likeness (QED) is 0.549. The molecule has 0 aliphatic carbocycles. The zero-order valence-electron chi connectivity index (χ0n) is 13.9. The predicted octanol–water partition coefficient (Wildman–Crippen LogP) is 2.90. The van der Waals surface area contributed by atoms with Crippen molar-refractivity contribution < 1.29 is 15.0 Å². The molecular weight excluding hydrogens is 290 g/mol. The van der Waals surface area contributed by atoms with Crippen LogP contribution in [0.3, 0.4) is 0 Å². The Balaban J connectivity index is 2.36. The molecule has 2 atom stereocenters. The minimum Gasteiger partial charge on any atom is -0.394 e. The molecule has 0 saturated carbocycles. The Kier molecular flexibility index (Phi) is 10.00. The van der Waals surface area contributed by atoms with Crippen LogP contribution in [0.25, 0.3) is 6.08 Å². The van der Waals surface area contributed by atoms with Gasteiger partial charge in [0, 0.05) is 6.42 Å². The van der Waals surface area contributed by atoms with Gasteiger partial charge in [-0.15, -0.1) is 0 Å². The molecule has 1 amide bonds. The number of nitrogens with one attached hydrogen (secondary N) is 1. The van der Waals surface area contributed by atoms with E-state index < -0.39 is 12.1 Å². The maximum Gasteiger partial charge on any atom is 0.220 e. The summed E-state index contributed by atoms with van der Waals surface area (Å²) >= 11 is 0. The molecule has 0 aromatic heterocycles. The van der Waals surface area contributed by atoms with Crippen LogP contribution < -0.4 is 5.32 Å². The third-order valence-electron chi connectivity index (χ3n) is 3.75. The van der Waals surface area contributed by atoms with E-state index in [1.54, 1.807) is 12.2 Å². The Bertz CT molecular complexity index is 459. The minimum atomic E-state index is -0.913. The zero-order valence-corrected chi connectivity index (χ0v) is 13.9. The molecule has 1 rings (SSSR count). The van der Waals surface area contributed by atoms with Crippen LogP contribution in [0.5, 0.6) is 0 Å². The lowest BCUT2D eigenvalue weighted by molar-refractivity contribution is -0.123. The summed E-state index contributed by atoms with van der Waals surface area (Å²) in [5, 5.41) is 22.2. The zero-order chi connectivity index (χ0) is 16.9. The van der Waals surface area contributed by atoms with Crippen LogP contribution in [0.15, 0.2) is 36.4 Å². The van der Waals surface area contributed by atoms with Gasteiger partial charge in [-0.1, -0.05) is 75.1 Å². The van der Waals surface area contributed by atoms with Gasteiger partial charge in [0.25, 0.3) is 0 Å². The van der Waals surface area contributed by atoms with E-state index in [1.165, 1.54) is 12.8 Å². The molecule has 0 spiro atoms. The number of unbranched alkanes of at least 4 members (excludes halogenated alkanes) is 4. The van der Waals surface area contributed by atoms with E-state index in [4.69, 9.17) is 0 Å². The summed E-state index contributed by atoms with van der Waals surface area (Å²) in [6.07, 6.45) is 8.32. The van der Waals surface area contributed by atoms with Crippen LogP contribution in [0, 0.1) is 0 Å². The Labute approximate surface area is 139 Å². The first-order chi connectivity index (χ1) is 11.2. The molecule has 4 nitrogen and oxygen atoms in total. The van der Waals surface area contributed by atoms with E-state index in [0.29, 0.717) is 6.42 Å². The van der Waals surface area contributed by atoms with Crippen molar-refractivity contribution in [2.75, 3.05) is 6.61 Å². The molecule has 0 fully saturated rings. The van der Waals surface area contributed by atoms with Gasteiger partial charge in [-0.25, -0.2) is 0 Å². The number of carbonyl (C=O) groups excluding carboxylic acids is 1. The summed E-state index contributed by atoms with van der Waals surface area (Å²) in [7, 11) is 0. The van der Waals surface area contributed by atoms with Gasteiger partial charge in [0.1, 0.15) is 0 Å². The normalized spacial score (nSPS) is 13.9. The second kappa shape index (κ2) is 11.9. The van der Waals surface area contributed by atoms with Gasteiger partial charge in [-0.05, 0) is 12.0 Å². The van der Waals surface area contributed by atoms with Gasteiger partial charge in [-0.3, -0.25) is 4.79 Å². The Morgan fingerprint density at radius 3 is 2.52 bits per heavy atom. The highest BCUT2D eigenvalue weighted by molar-refractivity contribution is 5.76. The fourth-order valence-electron chi connectivity index (χ4n) is 2.32. The van der Waals surface area contributed by atoms with Crippen molar-refractivity contribution in [1.29, 1.82) is 0 Å². The summed E-state index contributed by atoms with van der Waals surface area (Å²) in [4.78, 5) is 11.9. The third kappa shape index (κ3) is 8.53. The van der Waals surface area contributed by atoms with Crippen LogP contribution in [0.2, 0.25) is 0 Å². The summed E-state index contributed by atoms with van der Waals surface area (Å²) in [5.74, 6) is -0.118. The second-order valence-corrected chi connectivity index (χ2v) is 5.78. The van der Waals surface area contributed by atoms with Gasteiger partial charge in [0.2, 0.25) is 5.91 Å². The van der Waals surface area contributed by atoms with Gasteiger partial charge in [-0.2, -0.15) is 0 Å². The molecule has 0 bridgehead atoms. The lowest BCUT2D eigenvalue weighted by Gasteiger charge is -2.19. The van der Waals surface area contributed by atoms with Crippen molar-refractivity contribution in [3.05, 3.63) is 42.0 Å². The molecule has 0 unspecified atom stereocenters. The van der Waals surface area contributed by atoms with Crippen LogP contribution in [-0.4, -0.2) is 34.9 Å². The number of carbonyl (C=O) groups is 1. The fraction of sp³-hybridized carbons (Fsp3) is 0.526. The van der Waals surface area contributed by atoms with Gasteiger partial charge in [0.05, 0.1) is 18.8 Å². The average Bonchev–Trinajstić information content (AvgIpc) is 2.58. The van der Waals surface area contributed by atoms with E-state index in [-0.39, 0.29) is 12.5 Å². The molecule has 0 radical (unpaired) electrons. The molecule has 0 saturated heterocycles. The highest BCUT2D eigenvalue weighted by atomic mass is 16.3. The standard InChI is InChI=1S/C19H29NO3/c1-2-3-4-5-9-12-19(23)20-17(15-21)18(22)14-13-16-10-7-6-8-11-16/h6-8,10-11,13-14,17-18,21-22H,2-5,9,12,15H2,1H3,(H,20,23)/b14-13+/t17-,18+/m0/s1. The Morgan fingerprint density at radius 2 is 1.87 bits per heavy atom. The smallest absolute Gasteiger partial charge is 0.220 e. The summed E-state index contributed by atoms with van der Waals surface area (Å²) in [6.45, 7) is 1.87. The number of aliphatic hydroxyl groups is 2. The van der Waals surface area contributed by atoms with Crippen molar-refractivity contribution in [3.8, 4) is 0 Å². The molecule has 128 valence electrons. The summed E-state index contributed by atoms with van der Waals surface area (Å²) in [5.41, 5.74) is 0.963. The monoisotopic (exact) mass is 319 g/mol. The predicted molar refractivity (Wildman–Crippen MR) is 93.9 cm³/mol. The van der Waals surface area contributed by atoms with Crippen molar-refractivity contribution >= 4 is 12.0 Å². The first-order valence-corrected chi connectivity index (χ1v) is 8.49. The number of amides is 1. The molecule has 3 N–H and O–H groups in total. The highest BCUT2D eigenvalue weighted by Gasteiger charge is 2.17. The number of hydrogen-bond acceptors (Lipinski definition) is 3. The van der Waals surface area contributed by atoms with E-state index in [1.807, 2.05) is 30.3 Å².